The second-order valence-electron chi connectivity index (χ2n) is 4.29. The highest BCUT2D eigenvalue weighted by Gasteiger charge is 2.20. The molecule has 98 valence electrons. The van der Waals surface area contributed by atoms with Crippen LogP contribution in [-0.2, 0) is 9.53 Å². The zero-order valence-corrected chi connectivity index (χ0v) is 11.1. The number of thiophene rings is 1. The van der Waals surface area contributed by atoms with Crippen molar-refractivity contribution in [2.45, 2.75) is 19.8 Å². The van der Waals surface area contributed by atoms with Crippen molar-refractivity contribution in [3.8, 4) is 0 Å². The van der Waals surface area contributed by atoms with Gasteiger partial charge in [0.15, 0.2) is 6.61 Å². The molecule has 2 N–H and O–H groups in total. The van der Waals surface area contributed by atoms with Gasteiger partial charge in [0.05, 0.1) is 0 Å². The number of ether oxygens (including phenoxy) is 1. The van der Waals surface area contributed by atoms with Crippen molar-refractivity contribution in [1.29, 1.82) is 0 Å². The van der Waals surface area contributed by atoms with Crippen LogP contribution in [0.5, 0.6) is 0 Å². The fraction of sp³-hybridized carbons (Fsp3) is 0.500. The summed E-state index contributed by atoms with van der Waals surface area (Å²) < 4.78 is 5.00. The maximum absolute atomic E-state index is 11.7. The molecule has 1 aliphatic rings. The number of anilines is 1. The van der Waals surface area contributed by atoms with E-state index in [0.29, 0.717) is 10.6 Å². The molecule has 1 aromatic heterocycles. The Bertz CT molecular complexity index is 444. The summed E-state index contributed by atoms with van der Waals surface area (Å²) in [5.41, 5.74) is 6.24. The van der Waals surface area contributed by atoms with Gasteiger partial charge in [0.2, 0.25) is 0 Å². The monoisotopic (exact) mass is 268 g/mol. The Labute approximate surface area is 110 Å². The second-order valence-corrected chi connectivity index (χ2v) is 5.54. The molecule has 6 heteroatoms. The zero-order valence-electron chi connectivity index (χ0n) is 10.3. The minimum atomic E-state index is -0.479. The van der Waals surface area contributed by atoms with Gasteiger partial charge < -0.3 is 15.4 Å². The molecular weight excluding hydrogens is 252 g/mol. The summed E-state index contributed by atoms with van der Waals surface area (Å²) in [5.74, 6) is -0.602. The van der Waals surface area contributed by atoms with Gasteiger partial charge in [0.25, 0.3) is 5.91 Å². The minimum absolute atomic E-state index is 0.123. The molecule has 0 spiro atoms. The molecule has 0 bridgehead atoms. The van der Waals surface area contributed by atoms with Crippen molar-refractivity contribution in [3.05, 3.63) is 15.8 Å². The number of aryl methyl sites for hydroxylation is 1. The van der Waals surface area contributed by atoms with Crippen LogP contribution in [0.4, 0.5) is 5.69 Å². The van der Waals surface area contributed by atoms with Crippen molar-refractivity contribution in [1.82, 2.24) is 4.90 Å². The van der Waals surface area contributed by atoms with Crippen LogP contribution in [0, 0.1) is 6.92 Å². The van der Waals surface area contributed by atoms with Crippen LogP contribution in [0.1, 0.15) is 27.4 Å². The maximum atomic E-state index is 11.7. The average molecular weight is 268 g/mol. The van der Waals surface area contributed by atoms with Crippen LogP contribution in [0.3, 0.4) is 0 Å². The Morgan fingerprint density at radius 2 is 2.11 bits per heavy atom. The third-order valence-corrected chi connectivity index (χ3v) is 3.99. The molecule has 1 aliphatic heterocycles. The summed E-state index contributed by atoms with van der Waals surface area (Å²) in [7, 11) is 0. The van der Waals surface area contributed by atoms with Crippen molar-refractivity contribution in [3.63, 3.8) is 0 Å². The standard InChI is InChI=1S/C12H16N2O3S/c1-8-9(13)6-10(18-8)12(16)17-7-11(15)14-4-2-3-5-14/h6H,2-5,7,13H2,1H3. The number of hydrogen-bond acceptors (Lipinski definition) is 5. The molecule has 1 amide bonds. The Hall–Kier alpha value is -1.56. The van der Waals surface area contributed by atoms with E-state index in [2.05, 4.69) is 0 Å². The van der Waals surface area contributed by atoms with Crippen LogP contribution < -0.4 is 5.73 Å². The number of hydrogen-bond donors (Lipinski definition) is 1. The lowest BCUT2D eigenvalue weighted by Crippen LogP contribution is -2.31. The quantitative estimate of drug-likeness (QED) is 0.841. The molecule has 2 rings (SSSR count). The number of likely N-dealkylation sites (tertiary alicyclic amines) is 1. The van der Waals surface area contributed by atoms with Gasteiger partial charge in [-0.15, -0.1) is 11.3 Å². The predicted octanol–water partition coefficient (Wildman–Crippen LogP) is 1.42. The van der Waals surface area contributed by atoms with Gasteiger partial charge in [-0.25, -0.2) is 4.79 Å². The van der Waals surface area contributed by atoms with Crippen molar-refractivity contribution >= 4 is 28.9 Å². The Morgan fingerprint density at radius 3 is 2.67 bits per heavy atom. The first-order chi connectivity index (χ1) is 8.58. The third kappa shape index (κ3) is 2.81. The maximum Gasteiger partial charge on any atom is 0.348 e. The van der Waals surface area contributed by atoms with Gasteiger partial charge in [0.1, 0.15) is 4.88 Å². The van der Waals surface area contributed by atoms with Crippen molar-refractivity contribution in [2.24, 2.45) is 0 Å². The molecular formula is C12H16N2O3S. The number of amides is 1. The summed E-state index contributed by atoms with van der Waals surface area (Å²) in [6.07, 6.45) is 2.06. The lowest BCUT2D eigenvalue weighted by atomic mass is 10.4. The van der Waals surface area contributed by atoms with Crippen LogP contribution in [0.25, 0.3) is 0 Å². The van der Waals surface area contributed by atoms with Gasteiger partial charge in [-0.05, 0) is 25.8 Å². The number of carbonyl (C=O) groups excluding carboxylic acids is 2. The normalized spacial score (nSPS) is 14.8. The second kappa shape index (κ2) is 5.39. The lowest BCUT2D eigenvalue weighted by molar-refractivity contribution is -0.133. The van der Waals surface area contributed by atoms with E-state index in [1.54, 1.807) is 11.0 Å². The van der Waals surface area contributed by atoms with Gasteiger partial charge in [-0.2, -0.15) is 0 Å². The Kier molecular flexibility index (Phi) is 3.86. The third-order valence-electron chi connectivity index (χ3n) is 2.94. The number of nitrogen functional groups attached to an aromatic ring is 1. The fourth-order valence-electron chi connectivity index (χ4n) is 1.85. The molecule has 18 heavy (non-hydrogen) atoms. The molecule has 0 atom stereocenters. The molecule has 1 fully saturated rings. The van der Waals surface area contributed by atoms with E-state index in [4.69, 9.17) is 10.5 Å². The molecule has 5 nitrogen and oxygen atoms in total. The number of rotatable bonds is 3. The van der Waals surface area contributed by atoms with Crippen molar-refractivity contribution in [2.75, 3.05) is 25.4 Å². The fourth-order valence-corrected chi connectivity index (χ4v) is 2.69. The number of esters is 1. The number of carbonyl (C=O) groups is 2. The molecule has 0 aliphatic carbocycles. The molecule has 1 aromatic rings. The van der Waals surface area contributed by atoms with Crippen LogP contribution in [0.2, 0.25) is 0 Å². The first-order valence-electron chi connectivity index (χ1n) is 5.88. The van der Waals surface area contributed by atoms with E-state index in [1.165, 1.54) is 11.3 Å². The number of nitrogens with zero attached hydrogens (tertiary/aromatic N) is 1. The molecule has 0 saturated carbocycles. The predicted molar refractivity (Wildman–Crippen MR) is 69.6 cm³/mol. The smallest absolute Gasteiger partial charge is 0.348 e. The first-order valence-corrected chi connectivity index (χ1v) is 6.70. The van der Waals surface area contributed by atoms with Gasteiger partial charge in [0, 0.05) is 23.7 Å². The molecule has 0 aromatic carbocycles. The lowest BCUT2D eigenvalue weighted by Gasteiger charge is -2.14. The molecule has 0 radical (unpaired) electrons. The summed E-state index contributed by atoms with van der Waals surface area (Å²) in [4.78, 5) is 26.4. The highest BCUT2D eigenvalue weighted by Crippen LogP contribution is 2.23. The largest absolute Gasteiger partial charge is 0.451 e. The average Bonchev–Trinajstić information content (AvgIpc) is 2.97. The van der Waals surface area contributed by atoms with E-state index >= 15 is 0 Å². The zero-order chi connectivity index (χ0) is 13.1. The van der Waals surface area contributed by atoms with E-state index in [-0.39, 0.29) is 12.5 Å². The van der Waals surface area contributed by atoms with Crippen LogP contribution >= 0.6 is 11.3 Å². The summed E-state index contributed by atoms with van der Waals surface area (Å²) >= 11 is 1.28. The van der Waals surface area contributed by atoms with Gasteiger partial charge in [-0.3, -0.25) is 4.79 Å². The van der Waals surface area contributed by atoms with Gasteiger partial charge in [-0.1, -0.05) is 0 Å². The molecule has 0 unspecified atom stereocenters. The minimum Gasteiger partial charge on any atom is -0.451 e. The molecule has 2 heterocycles. The first kappa shape index (κ1) is 12.9. The molecule has 1 saturated heterocycles. The SMILES string of the molecule is Cc1sc(C(=O)OCC(=O)N2CCCC2)cc1N. The van der Waals surface area contributed by atoms with E-state index in [9.17, 15) is 9.59 Å². The number of nitrogens with two attached hydrogens (primary N) is 1. The topological polar surface area (TPSA) is 72.6 Å². The van der Waals surface area contributed by atoms with Gasteiger partial charge >= 0.3 is 5.97 Å². The summed E-state index contributed by atoms with van der Waals surface area (Å²) in [5, 5.41) is 0. The summed E-state index contributed by atoms with van der Waals surface area (Å²) in [6.45, 7) is 3.19. The van der Waals surface area contributed by atoms with Crippen LogP contribution in [0.15, 0.2) is 6.07 Å². The van der Waals surface area contributed by atoms with E-state index in [1.807, 2.05) is 6.92 Å². The van der Waals surface area contributed by atoms with E-state index in [0.717, 1.165) is 30.8 Å². The Balaban J connectivity index is 1.86. The van der Waals surface area contributed by atoms with Crippen molar-refractivity contribution < 1.29 is 14.3 Å². The highest BCUT2D eigenvalue weighted by atomic mass is 32.1. The highest BCUT2D eigenvalue weighted by molar-refractivity contribution is 7.14. The van der Waals surface area contributed by atoms with E-state index < -0.39 is 5.97 Å². The van der Waals surface area contributed by atoms with Crippen LogP contribution in [-0.4, -0.2) is 36.5 Å². The summed E-state index contributed by atoms with van der Waals surface area (Å²) in [6, 6.07) is 1.59. The Morgan fingerprint density at radius 1 is 1.44 bits per heavy atom.